The molecule has 0 radical (unpaired) electrons. The lowest BCUT2D eigenvalue weighted by Gasteiger charge is -2.33. The van der Waals surface area contributed by atoms with Crippen LogP contribution in [0.3, 0.4) is 0 Å². The SMILES string of the molecule is C[C@@H](c1c(F)cc(Br)cc1F)N1CCNCC1.Cl. The highest BCUT2D eigenvalue weighted by molar-refractivity contribution is 9.10. The zero-order valence-electron chi connectivity index (χ0n) is 10.0. The summed E-state index contributed by atoms with van der Waals surface area (Å²) in [5, 5.41) is 3.22. The first-order valence-electron chi connectivity index (χ1n) is 5.69. The van der Waals surface area contributed by atoms with Crippen molar-refractivity contribution in [2.24, 2.45) is 0 Å². The van der Waals surface area contributed by atoms with Gasteiger partial charge in [0.25, 0.3) is 0 Å². The third kappa shape index (κ3) is 3.41. The van der Waals surface area contributed by atoms with Crippen molar-refractivity contribution in [3.8, 4) is 0 Å². The van der Waals surface area contributed by atoms with E-state index in [1.54, 1.807) is 0 Å². The van der Waals surface area contributed by atoms with Crippen molar-refractivity contribution >= 4 is 28.3 Å². The fraction of sp³-hybridized carbons (Fsp3) is 0.500. The Morgan fingerprint density at radius 1 is 1.22 bits per heavy atom. The van der Waals surface area contributed by atoms with Gasteiger partial charge in [-0.25, -0.2) is 8.78 Å². The van der Waals surface area contributed by atoms with Gasteiger partial charge in [0.2, 0.25) is 0 Å². The molecule has 6 heteroatoms. The van der Waals surface area contributed by atoms with Gasteiger partial charge in [0, 0.05) is 42.3 Å². The standard InChI is InChI=1S/C12H15BrF2N2.ClH/c1-8(17-4-2-16-3-5-17)12-10(14)6-9(13)7-11(12)15;/h6-8,16H,2-5H2,1H3;1H/t8-;/m0./s1. The van der Waals surface area contributed by atoms with Crippen LogP contribution in [0.25, 0.3) is 0 Å². The normalized spacial score (nSPS) is 18.2. The van der Waals surface area contributed by atoms with Gasteiger partial charge >= 0.3 is 0 Å². The average molecular weight is 342 g/mol. The van der Waals surface area contributed by atoms with Crippen LogP contribution in [-0.2, 0) is 0 Å². The molecule has 0 amide bonds. The van der Waals surface area contributed by atoms with Crippen LogP contribution in [0.4, 0.5) is 8.78 Å². The van der Waals surface area contributed by atoms with Gasteiger partial charge in [-0.2, -0.15) is 0 Å². The van der Waals surface area contributed by atoms with Gasteiger partial charge in [0.05, 0.1) is 0 Å². The predicted octanol–water partition coefficient (Wildman–Crippen LogP) is 3.12. The molecule has 18 heavy (non-hydrogen) atoms. The molecule has 1 aromatic carbocycles. The smallest absolute Gasteiger partial charge is 0.132 e. The third-order valence-corrected chi connectivity index (χ3v) is 3.62. The predicted molar refractivity (Wildman–Crippen MR) is 74.2 cm³/mol. The Morgan fingerprint density at radius 3 is 2.22 bits per heavy atom. The molecule has 1 N–H and O–H groups in total. The Morgan fingerprint density at radius 2 is 1.72 bits per heavy atom. The molecule has 1 atom stereocenters. The van der Waals surface area contributed by atoms with E-state index in [4.69, 9.17) is 0 Å². The number of rotatable bonds is 2. The minimum Gasteiger partial charge on any atom is -0.314 e. The fourth-order valence-corrected chi connectivity index (χ4v) is 2.61. The Hall–Kier alpha value is -0.230. The zero-order valence-corrected chi connectivity index (χ0v) is 12.5. The number of nitrogens with one attached hydrogen (secondary N) is 1. The van der Waals surface area contributed by atoms with E-state index in [0.29, 0.717) is 4.47 Å². The summed E-state index contributed by atoms with van der Waals surface area (Å²) in [5.74, 6) is -0.967. The van der Waals surface area contributed by atoms with Crippen molar-refractivity contribution in [3.05, 3.63) is 33.8 Å². The Labute approximate surface area is 120 Å². The van der Waals surface area contributed by atoms with Crippen LogP contribution in [0, 0.1) is 11.6 Å². The van der Waals surface area contributed by atoms with E-state index in [9.17, 15) is 8.78 Å². The van der Waals surface area contributed by atoms with Crippen LogP contribution in [0.2, 0.25) is 0 Å². The van der Waals surface area contributed by atoms with Gasteiger partial charge in [-0.15, -0.1) is 12.4 Å². The Kier molecular flexibility index (Phi) is 5.98. The Balaban J connectivity index is 0.00000162. The molecule has 2 nitrogen and oxygen atoms in total. The van der Waals surface area contributed by atoms with Gasteiger partial charge in [-0.1, -0.05) is 15.9 Å². The quantitative estimate of drug-likeness (QED) is 0.889. The third-order valence-electron chi connectivity index (χ3n) is 3.16. The molecule has 1 aliphatic rings. The van der Waals surface area contributed by atoms with E-state index >= 15 is 0 Å². The van der Waals surface area contributed by atoms with Gasteiger partial charge in [0.15, 0.2) is 0 Å². The number of hydrogen-bond acceptors (Lipinski definition) is 2. The van der Waals surface area contributed by atoms with E-state index < -0.39 is 11.6 Å². The summed E-state index contributed by atoms with van der Waals surface area (Å²) in [6, 6.07) is 2.40. The summed E-state index contributed by atoms with van der Waals surface area (Å²) in [6.45, 7) is 5.21. The first kappa shape index (κ1) is 15.8. The first-order chi connectivity index (χ1) is 8.09. The largest absolute Gasteiger partial charge is 0.314 e. The molecule has 0 bridgehead atoms. The monoisotopic (exact) mass is 340 g/mol. The maximum absolute atomic E-state index is 13.8. The van der Waals surface area contributed by atoms with E-state index in [1.165, 1.54) is 12.1 Å². The highest BCUT2D eigenvalue weighted by Crippen LogP contribution is 2.28. The molecule has 0 saturated carbocycles. The number of benzene rings is 1. The maximum atomic E-state index is 13.8. The summed E-state index contributed by atoms with van der Waals surface area (Å²) in [5.41, 5.74) is 0.162. The Bertz CT molecular complexity index is 388. The van der Waals surface area contributed by atoms with Crippen molar-refractivity contribution < 1.29 is 8.78 Å². The van der Waals surface area contributed by atoms with Crippen LogP contribution in [0.15, 0.2) is 16.6 Å². The van der Waals surface area contributed by atoms with Crippen molar-refractivity contribution in [3.63, 3.8) is 0 Å². The van der Waals surface area contributed by atoms with Gasteiger partial charge < -0.3 is 5.32 Å². The molecule has 102 valence electrons. The van der Waals surface area contributed by atoms with Gasteiger partial charge in [-0.3, -0.25) is 4.90 Å². The summed E-state index contributed by atoms with van der Waals surface area (Å²) in [6.07, 6.45) is 0. The van der Waals surface area contributed by atoms with Gasteiger partial charge in [0.1, 0.15) is 11.6 Å². The summed E-state index contributed by atoms with van der Waals surface area (Å²) >= 11 is 3.09. The lowest BCUT2D eigenvalue weighted by atomic mass is 10.0. The highest BCUT2D eigenvalue weighted by Gasteiger charge is 2.23. The second-order valence-corrected chi connectivity index (χ2v) is 5.16. The van der Waals surface area contributed by atoms with E-state index in [1.807, 2.05) is 6.92 Å². The minimum absolute atomic E-state index is 0. The van der Waals surface area contributed by atoms with Crippen LogP contribution < -0.4 is 5.32 Å². The lowest BCUT2D eigenvalue weighted by Crippen LogP contribution is -2.44. The van der Waals surface area contributed by atoms with Crippen LogP contribution in [0.5, 0.6) is 0 Å². The number of hydrogen-bond donors (Lipinski definition) is 1. The fourth-order valence-electron chi connectivity index (χ4n) is 2.20. The molecule has 1 aliphatic heterocycles. The van der Waals surface area contributed by atoms with Crippen molar-refractivity contribution in [2.75, 3.05) is 26.2 Å². The molecular formula is C12H16BrClF2N2. The number of piperazine rings is 1. The highest BCUT2D eigenvalue weighted by atomic mass is 79.9. The maximum Gasteiger partial charge on any atom is 0.132 e. The second-order valence-electron chi connectivity index (χ2n) is 4.25. The van der Waals surface area contributed by atoms with E-state index in [2.05, 4.69) is 26.1 Å². The topological polar surface area (TPSA) is 15.3 Å². The second kappa shape index (κ2) is 6.80. The number of nitrogens with zero attached hydrogens (tertiary/aromatic N) is 1. The van der Waals surface area contributed by atoms with Crippen LogP contribution in [0.1, 0.15) is 18.5 Å². The molecule has 0 aliphatic carbocycles. The zero-order chi connectivity index (χ0) is 12.4. The molecule has 0 unspecified atom stereocenters. The van der Waals surface area contributed by atoms with E-state index in [-0.39, 0.29) is 24.0 Å². The molecule has 0 aromatic heterocycles. The molecule has 0 spiro atoms. The molecule has 1 heterocycles. The van der Waals surface area contributed by atoms with Gasteiger partial charge in [-0.05, 0) is 19.1 Å². The summed E-state index contributed by atoms with van der Waals surface area (Å²) in [7, 11) is 0. The number of halogens is 4. The molecule has 1 saturated heterocycles. The average Bonchev–Trinajstić information content (AvgIpc) is 2.28. The van der Waals surface area contributed by atoms with Crippen LogP contribution >= 0.6 is 28.3 Å². The summed E-state index contributed by atoms with van der Waals surface area (Å²) < 4.78 is 28.0. The molecule has 1 fully saturated rings. The minimum atomic E-state index is -0.483. The molecular weight excluding hydrogens is 325 g/mol. The van der Waals surface area contributed by atoms with Crippen LogP contribution in [-0.4, -0.2) is 31.1 Å². The van der Waals surface area contributed by atoms with Crippen molar-refractivity contribution in [1.29, 1.82) is 0 Å². The summed E-state index contributed by atoms with van der Waals surface area (Å²) in [4.78, 5) is 2.09. The molecule has 1 aromatic rings. The van der Waals surface area contributed by atoms with Crippen molar-refractivity contribution in [2.45, 2.75) is 13.0 Å². The van der Waals surface area contributed by atoms with Crippen molar-refractivity contribution in [1.82, 2.24) is 10.2 Å². The van der Waals surface area contributed by atoms with E-state index in [0.717, 1.165) is 26.2 Å². The lowest BCUT2D eigenvalue weighted by molar-refractivity contribution is 0.179. The molecule has 2 rings (SSSR count). The first-order valence-corrected chi connectivity index (χ1v) is 6.48.